The zero-order valence-corrected chi connectivity index (χ0v) is 19.3. The maximum atomic E-state index is 13.1. The maximum Gasteiger partial charge on any atom is 0.312 e. The minimum absolute atomic E-state index is 0.100. The summed E-state index contributed by atoms with van der Waals surface area (Å²) < 4.78 is 11.8. The molecule has 3 atom stereocenters. The zero-order valence-electron chi connectivity index (χ0n) is 19.3. The Labute approximate surface area is 202 Å². The first kappa shape index (κ1) is 22.2. The standard InChI is InChI=1S/C28H23N3O4/c1-17-24(18-9-5-3-6-10-18)22(16-29)26(30)28(31(32)33)25(17)21-14-13-20(34-2)15-23(21)35-27(28)19-11-7-4-8-12-19/h3-15,25,27H,30H2,1-2H3/t25-,27+,28-/m1/s1. The van der Waals surface area contributed by atoms with Crippen molar-refractivity contribution in [1.29, 1.82) is 5.26 Å². The van der Waals surface area contributed by atoms with Crippen molar-refractivity contribution in [2.24, 2.45) is 5.73 Å². The fourth-order valence-electron chi connectivity index (χ4n) is 5.47. The number of hydrogen-bond donors (Lipinski definition) is 1. The van der Waals surface area contributed by atoms with Gasteiger partial charge in [-0.1, -0.05) is 66.7 Å². The highest BCUT2D eigenvalue weighted by Gasteiger charge is 2.67. The number of nitriles is 1. The molecule has 0 saturated carbocycles. The van der Waals surface area contributed by atoms with E-state index in [4.69, 9.17) is 15.2 Å². The highest BCUT2D eigenvalue weighted by Crippen LogP contribution is 2.60. The number of benzene rings is 3. The molecule has 0 bridgehead atoms. The number of hydrogen-bond acceptors (Lipinski definition) is 6. The van der Waals surface area contributed by atoms with Crippen molar-refractivity contribution >= 4 is 5.57 Å². The highest BCUT2D eigenvalue weighted by atomic mass is 16.6. The molecule has 3 aromatic carbocycles. The van der Waals surface area contributed by atoms with Crippen LogP contribution < -0.4 is 15.2 Å². The molecule has 174 valence electrons. The van der Waals surface area contributed by atoms with E-state index in [0.717, 1.165) is 5.56 Å². The van der Waals surface area contributed by atoms with Gasteiger partial charge in [0.1, 0.15) is 23.3 Å². The summed E-state index contributed by atoms with van der Waals surface area (Å²) in [6.07, 6.45) is -1.07. The summed E-state index contributed by atoms with van der Waals surface area (Å²) in [6.45, 7) is 1.84. The van der Waals surface area contributed by atoms with Crippen molar-refractivity contribution in [3.05, 3.63) is 123 Å². The number of fused-ring (bicyclic) bond motifs is 3. The third-order valence-electron chi connectivity index (χ3n) is 6.97. The number of rotatable bonds is 4. The van der Waals surface area contributed by atoms with Crippen molar-refractivity contribution in [3.8, 4) is 17.6 Å². The Morgan fingerprint density at radius 2 is 1.74 bits per heavy atom. The maximum absolute atomic E-state index is 13.1. The van der Waals surface area contributed by atoms with Crippen molar-refractivity contribution in [2.45, 2.75) is 24.5 Å². The number of ether oxygens (including phenoxy) is 2. The lowest BCUT2D eigenvalue weighted by molar-refractivity contribution is -0.576. The van der Waals surface area contributed by atoms with E-state index in [2.05, 4.69) is 6.07 Å². The number of methoxy groups -OCH3 is 1. The molecule has 0 aromatic heterocycles. The van der Waals surface area contributed by atoms with Crippen LogP contribution in [0.15, 0.2) is 95.7 Å². The summed E-state index contributed by atoms with van der Waals surface area (Å²) in [7, 11) is 1.56. The molecule has 0 fully saturated rings. The minimum Gasteiger partial charge on any atom is -0.497 e. The Balaban J connectivity index is 1.91. The molecule has 2 aliphatic rings. The Bertz CT molecular complexity index is 1420. The SMILES string of the molecule is COc1ccc2c(c1)O[C@@H](c1ccccc1)[C@]1([N+](=O)[O-])C(N)=C(C#N)C(c3ccccc3)=C(C)[C@H]21. The smallest absolute Gasteiger partial charge is 0.312 e. The van der Waals surface area contributed by atoms with E-state index in [-0.39, 0.29) is 16.2 Å². The van der Waals surface area contributed by atoms with Gasteiger partial charge in [0.05, 0.1) is 18.6 Å². The summed E-state index contributed by atoms with van der Waals surface area (Å²) in [5.74, 6) is 0.288. The normalized spacial score (nSPS) is 23.0. The summed E-state index contributed by atoms with van der Waals surface area (Å²) in [4.78, 5) is 12.8. The van der Waals surface area contributed by atoms with Crippen LogP contribution in [0.5, 0.6) is 11.5 Å². The first-order valence-electron chi connectivity index (χ1n) is 11.2. The van der Waals surface area contributed by atoms with E-state index in [9.17, 15) is 15.4 Å². The van der Waals surface area contributed by atoms with Crippen molar-refractivity contribution < 1.29 is 14.4 Å². The third kappa shape index (κ3) is 3.11. The van der Waals surface area contributed by atoms with Gasteiger partial charge in [-0.05, 0) is 24.1 Å². The van der Waals surface area contributed by atoms with Crippen LogP contribution in [0.2, 0.25) is 0 Å². The van der Waals surface area contributed by atoms with Crippen LogP contribution >= 0.6 is 0 Å². The molecular weight excluding hydrogens is 442 g/mol. The number of allylic oxidation sites excluding steroid dienone is 2. The van der Waals surface area contributed by atoms with Crippen LogP contribution in [0.3, 0.4) is 0 Å². The van der Waals surface area contributed by atoms with E-state index in [1.165, 1.54) is 0 Å². The molecular formula is C28H23N3O4. The van der Waals surface area contributed by atoms with Gasteiger partial charge in [-0.2, -0.15) is 5.26 Å². The van der Waals surface area contributed by atoms with Gasteiger partial charge in [0.15, 0.2) is 0 Å². The van der Waals surface area contributed by atoms with Gasteiger partial charge in [0.2, 0.25) is 6.10 Å². The second-order valence-electron chi connectivity index (χ2n) is 8.65. The topological polar surface area (TPSA) is 111 Å². The largest absolute Gasteiger partial charge is 0.497 e. The molecule has 1 aliphatic carbocycles. The van der Waals surface area contributed by atoms with Gasteiger partial charge in [-0.25, -0.2) is 0 Å². The minimum atomic E-state index is -1.92. The first-order valence-corrected chi connectivity index (χ1v) is 11.2. The monoisotopic (exact) mass is 465 g/mol. The fourth-order valence-corrected chi connectivity index (χ4v) is 5.47. The van der Waals surface area contributed by atoms with Gasteiger partial charge in [-0.15, -0.1) is 0 Å². The van der Waals surface area contributed by atoms with Crippen molar-refractivity contribution in [3.63, 3.8) is 0 Å². The molecule has 35 heavy (non-hydrogen) atoms. The lowest BCUT2D eigenvalue weighted by atomic mass is 9.61. The van der Waals surface area contributed by atoms with Gasteiger partial charge in [-0.3, -0.25) is 10.1 Å². The molecule has 7 nitrogen and oxygen atoms in total. The van der Waals surface area contributed by atoms with Crippen molar-refractivity contribution in [2.75, 3.05) is 7.11 Å². The second-order valence-corrected chi connectivity index (χ2v) is 8.65. The average molecular weight is 466 g/mol. The predicted octanol–water partition coefficient (Wildman–Crippen LogP) is 5.15. The summed E-state index contributed by atoms with van der Waals surface area (Å²) >= 11 is 0. The van der Waals surface area contributed by atoms with Gasteiger partial charge in [0.25, 0.3) is 0 Å². The second kappa shape index (κ2) is 8.33. The summed E-state index contributed by atoms with van der Waals surface area (Å²) in [5.41, 5.74) is 8.07. The van der Waals surface area contributed by atoms with Crippen LogP contribution in [-0.4, -0.2) is 17.6 Å². The van der Waals surface area contributed by atoms with Crippen LogP contribution in [0.4, 0.5) is 0 Å². The van der Waals surface area contributed by atoms with Crippen molar-refractivity contribution in [1.82, 2.24) is 0 Å². The van der Waals surface area contributed by atoms with Crippen LogP contribution in [0.1, 0.15) is 35.6 Å². The summed E-state index contributed by atoms with van der Waals surface area (Å²) in [6, 6.07) is 25.8. The Morgan fingerprint density at radius 1 is 1.09 bits per heavy atom. The highest BCUT2D eigenvalue weighted by molar-refractivity contribution is 5.89. The van der Waals surface area contributed by atoms with Crippen LogP contribution in [-0.2, 0) is 0 Å². The molecule has 5 rings (SSSR count). The molecule has 0 radical (unpaired) electrons. The Morgan fingerprint density at radius 3 is 2.34 bits per heavy atom. The lowest BCUT2D eigenvalue weighted by Crippen LogP contribution is -2.59. The first-order chi connectivity index (χ1) is 16.9. The van der Waals surface area contributed by atoms with Crippen LogP contribution in [0, 0.1) is 21.4 Å². The quantitative estimate of drug-likeness (QED) is 0.421. The van der Waals surface area contributed by atoms with E-state index in [1.54, 1.807) is 49.6 Å². The zero-order chi connectivity index (χ0) is 24.7. The molecule has 1 aliphatic heterocycles. The molecule has 2 N–H and O–H groups in total. The van der Waals surface area contributed by atoms with Crippen LogP contribution in [0.25, 0.3) is 5.57 Å². The van der Waals surface area contributed by atoms with Gasteiger partial charge in [0, 0.05) is 27.7 Å². The predicted molar refractivity (Wildman–Crippen MR) is 131 cm³/mol. The Kier molecular flexibility index (Phi) is 5.29. The third-order valence-corrected chi connectivity index (χ3v) is 6.97. The number of nitro groups is 1. The number of nitrogens with zero attached hydrogens (tertiary/aromatic N) is 2. The molecule has 7 heteroatoms. The lowest BCUT2D eigenvalue weighted by Gasteiger charge is -2.46. The molecule has 1 heterocycles. The van der Waals surface area contributed by atoms with E-state index >= 15 is 0 Å². The molecule has 0 spiro atoms. The number of nitrogens with two attached hydrogens (primary N) is 1. The molecule has 0 unspecified atom stereocenters. The summed E-state index contributed by atoms with van der Waals surface area (Å²) in [5, 5.41) is 23.4. The van der Waals surface area contributed by atoms with Gasteiger partial charge >= 0.3 is 5.54 Å². The molecule has 3 aromatic rings. The Hall–Kier alpha value is -4.57. The van der Waals surface area contributed by atoms with E-state index in [1.807, 2.05) is 43.3 Å². The average Bonchev–Trinajstić information content (AvgIpc) is 2.89. The molecule has 0 amide bonds. The van der Waals surface area contributed by atoms with E-state index in [0.29, 0.717) is 33.8 Å². The molecule has 0 saturated heterocycles. The van der Waals surface area contributed by atoms with Gasteiger partial charge < -0.3 is 15.2 Å². The fraction of sp³-hybridized carbons (Fsp3) is 0.179. The van der Waals surface area contributed by atoms with E-state index < -0.39 is 17.6 Å².